The van der Waals surface area contributed by atoms with Gasteiger partial charge in [-0.2, -0.15) is 0 Å². The van der Waals surface area contributed by atoms with Gasteiger partial charge in [0.05, 0.1) is 0 Å². The number of rotatable bonds is 0. The minimum absolute atomic E-state index is 0. The van der Waals surface area contributed by atoms with Crippen LogP contribution in [-0.4, -0.2) is 14.1 Å². The Bertz CT molecular complexity index is 3.25. The first-order valence-electron chi connectivity index (χ1n) is 1.00. The number of hydrogen-bond acceptors (Lipinski definition) is 1. The lowest BCUT2D eigenvalue weighted by Gasteiger charge is -1.59. The van der Waals surface area contributed by atoms with Crippen LogP contribution in [0, 0.1) is 7.43 Å². The number of hydrogen-bond donors (Lipinski definition) is 1. The molecule has 24 valence electrons. The third-order valence-electron chi connectivity index (χ3n) is 0. The Labute approximate surface area is 28.0 Å². The molecule has 0 aromatic rings. The molecule has 0 unspecified atom stereocenters. The van der Waals surface area contributed by atoms with Crippen molar-refractivity contribution in [2.75, 3.05) is 14.1 Å². The lowest BCUT2D eigenvalue weighted by molar-refractivity contribution is 1.02. The Morgan fingerprint density at radius 3 is 1.25 bits per heavy atom. The molecule has 4 radical (unpaired) electrons. The molecule has 0 fully saturated rings. The highest BCUT2D eigenvalue weighted by Crippen LogP contribution is 0.981. The van der Waals surface area contributed by atoms with Crippen molar-refractivity contribution in [3.8, 4) is 0 Å². The molecule has 0 saturated carbocycles. The molecule has 1 N–H and O–H groups in total. The highest BCUT2D eigenvalue weighted by Gasteiger charge is 1.25. The molecule has 1 heteroatoms. The van der Waals surface area contributed by atoms with E-state index in [-0.39, 0.29) is 7.43 Å². The quantitative estimate of drug-likeness (QED) is 0.410. The third kappa shape index (κ3) is 1130. The minimum atomic E-state index is 0. The molecule has 0 aromatic carbocycles. The standard InChI is InChI=1S/C2H7N.C/c1-3-2;/h3H,1-2H3;. The summed E-state index contributed by atoms with van der Waals surface area (Å²) < 4.78 is 0. The van der Waals surface area contributed by atoms with Gasteiger partial charge in [0.15, 0.2) is 0 Å². The first-order valence-corrected chi connectivity index (χ1v) is 1.00. The van der Waals surface area contributed by atoms with Crippen LogP contribution in [0.3, 0.4) is 0 Å². The molecule has 0 spiro atoms. The zero-order chi connectivity index (χ0) is 2.71. The van der Waals surface area contributed by atoms with E-state index < -0.39 is 0 Å². The Morgan fingerprint density at radius 1 is 1.25 bits per heavy atom. The summed E-state index contributed by atoms with van der Waals surface area (Å²) >= 11 is 0. The van der Waals surface area contributed by atoms with Crippen LogP contribution in [-0.2, 0) is 0 Å². The van der Waals surface area contributed by atoms with Gasteiger partial charge in [0.25, 0.3) is 0 Å². The molecule has 0 aliphatic carbocycles. The molecular weight excluding hydrogens is 50.0 g/mol. The van der Waals surface area contributed by atoms with E-state index in [9.17, 15) is 0 Å². The summed E-state index contributed by atoms with van der Waals surface area (Å²) in [4.78, 5) is 0. The van der Waals surface area contributed by atoms with Gasteiger partial charge in [-0.15, -0.1) is 0 Å². The highest BCUT2D eigenvalue weighted by molar-refractivity contribution is 3.91. The topological polar surface area (TPSA) is 12.0 Å². The van der Waals surface area contributed by atoms with Gasteiger partial charge in [0.1, 0.15) is 0 Å². The smallest absolute Gasteiger partial charge is 0 e. The normalized spacial score (nSPS) is 4.50. The van der Waals surface area contributed by atoms with Crippen LogP contribution < -0.4 is 5.32 Å². The maximum absolute atomic E-state index is 2.75. The Hall–Kier alpha value is -0.0400. The molecule has 0 aromatic heterocycles. The molecule has 0 aliphatic rings. The van der Waals surface area contributed by atoms with Crippen LogP contribution >= 0.6 is 0 Å². The second kappa shape index (κ2) is 12.3. The van der Waals surface area contributed by atoms with Gasteiger partial charge in [0, 0.05) is 7.43 Å². The van der Waals surface area contributed by atoms with Gasteiger partial charge in [-0.1, -0.05) is 0 Å². The summed E-state index contributed by atoms with van der Waals surface area (Å²) in [6.45, 7) is 0. The van der Waals surface area contributed by atoms with E-state index in [1.807, 2.05) is 14.1 Å². The van der Waals surface area contributed by atoms with Crippen molar-refractivity contribution in [1.29, 1.82) is 0 Å². The van der Waals surface area contributed by atoms with Crippen LogP contribution in [0.5, 0.6) is 0 Å². The molecule has 0 heterocycles. The maximum Gasteiger partial charge on any atom is 0 e. The van der Waals surface area contributed by atoms with Crippen molar-refractivity contribution in [1.82, 2.24) is 5.32 Å². The average Bonchev–Trinajstić information content (AvgIpc) is 0.918. The van der Waals surface area contributed by atoms with E-state index in [0.29, 0.717) is 0 Å². The summed E-state index contributed by atoms with van der Waals surface area (Å²) in [6.07, 6.45) is 0. The van der Waals surface area contributed by atoms with Crippen LogP contribution in [0.2, 0.25) is 0 Å². The molecule has 4 heavy (non-hydrogen) atoms. The molecule has 0 atom stereocenters. The average molecular weight is 57.1 g/mol. The predicted octanol–water partition coefficient (Wildman–Crippen LogP) is -0.0831. The fraction of sp³-hybridized carbons (Fsp3) is 0.667. The van der Waals surface area contributed by atoms with E-state index in [4.69, 9.17) is 0 Å². The SMILES string of the molecule is CNC.[C]. The summed E-state index contributed by atoms with van der Waals surface area (Å²) in [7, 11) is 3.75. The molecule has 0 amide bonds. The lowest BCUT2D eigenvalue weighted by atomic mass is 11.3. The largest absolute Gasteiger partial charge is 0.323 e. The van der Waals surface area contributed by atoms with Crippen molar-refractivity contribution in [3.63, 3.8) is 0 Å². The van der Waals surface area contributed by atoms with Crippen LogP contribution in [0.25, 0.3) is 0 Å². The predicted molar refractivity (Wildman–Crippen MR) is 18.2 cm³/mol. The van der Waals surface area contributed by atoms with Gasteiger partial charge in [0.2, 0.25) is 0 Å². The minimum Gasteiger partial charge on any atom is -0.323 e. The van der Waals surface area contributed by atoms with E-state index in [1.165, 1.54) is 0 Å². The van der Waals surface area contributed by atoms with E-state index in [0.717, 1.165) is 0 Å². The van der Waals surface area contributed by atoms with Crippen molar-refractivity contribution < 1.29 is 0 Å². The van der Waals surface area contributed by atoms with Crippen molar-refractivity contribution in [2.24, 2.45) is 0 Å². The molecule has 0 aliphatic heterocycles. The van der Waals surface area contributed by atoms with Gasteiger partial charge < -0.3 is 5.32 Å². The van der Waals surface area contributed by atoms with Crippen LogP contribution in [0.1, 0.15) is 0 Å². The Kier molecular flexibility index (Phi) is 27.9. The van der Waals surface area contributed by atoms with Crippen molar-refractivity contribution >= 4 is 0 Å². The highest BCUT2D eigenvalue weighted by atomic mass is 14.7. The molecule has 1 nitrogen and oxygen atoms in total. The molecule has 0 saturated heterocycles. The second-order valence-corrected chi connectivity index (χ2v) is 0.500. The molecular formula is C3H7N. The summed E-state index contributed by atoms with van der Waals surface area (Å²) in [5.41, 5.74) is 0. The number of nitrogens with one attached hydrogen (secondary N) is 1. The van der Waals surface area contributed by atoms with Gasteiger partial charge in [-0.25, -0.2) is 0 Å². The fourth-order valence-electron chi connectivity index (χ4n) is 0. The van der Waals surface area contributed by atoms with Gasteiger partial charge >= 0.3 is 0 Å². The first-order chi connectivity index (χ1) is 1.41. The van der Waals surface area contributed by atoms with Gasteiger partial charge in [-0.3, -0.25) is 0 Å². The first kappa shape index (κ1) is 9.03. The second-order valence-electron chi connectivity index (χ2n) is 0.500. The Balaban J connectivity index is 0. The fourth-order valence-corrected chi connectivity index (χ4v) is 0. The van der Waals surface area contributed by atoms with E-state index in [1.54, 1.807) is 0 Å². The van der Waals surface area contributed by atoms with Crippen molar-refractivity contribution in [2.45, 2.75) is 0 Å². The van der Waals surface area contributed by atoms with E-state index in [2.05, 4.69) is 5.32 Å². The zero-order valence-corrected chi connectivity index (χ0v) is 3.00. The van der Waals surface area contributed by atoms with Crippen molar-refractivity contribution in [3.05, 3.63) is 7.43 Å². The third-order valence-corrected chi connectivity index (χ3v) is 0. The van der Waals surface area contributed by atoms with E-state index >= 15 is 0 Å². The lowest BCUT2D eigenvalue weighted by Crippen LogP contribution is -1.89. The monoisotopic (exact) mass is 57.1 g/mol. The van der Waals surface area contributed by atoms with Gasteiger partial charge in [-0.05, 0) is 14.1 Å². The zero-order valence-electron chi connectivity index (χ0n) is 3.00. The summed E-state index contributed by atoms with van der Waals surface area (Å²) in [5, 5.41) is 2.75. The summed E-state index contributed by atoms with van der Waals surface area (Å²) in [6, 6.07) is 0. The van der Waals surface area contributed by atoms with Crippen LogP contribution in [0.15, 0.2) is 0 Å². The summed E-state index contributed by atoms with van der Waals surface area (Å²) in [5.74, 6) is 0. The van der Waals surface area contributed by atoms with Crippen LogP contribution in [0.4, 0.5) is 0 Å². The molecule has 0 bridgehead atoms. The maximum atomic E-state index is 2.75. The Morgan fingerprint density at radius 2 is 1.25 bits per heavy atom. The molecule has 0 rings (SSSR count).